The molecule has 0 aliphatic heterocycles. The summed E-state index contributed by atoms with van der Waals surface area (Å²) in [4.78, 5) is 9.15. The molecule has 2 aromatic rings. The molecule has 1 saturated carbocycles. The number of nitrogens with one attached hydrogen (secondary N) is 2. The van der Waals surface area contributed by atoms with Crippen molar-refractivity contribution < 1.29 is 0 Å². The third-order valence-corrected chi connectivity index (χ3v) is 4.58. The van der Waals surface area contributed by atoms with Crippen molar-refractivity contribution in [2.45, 2.75) is 57.9 Å². The van der Waals surface area contributed by atoms with Crippen molar-refractivity contribution in [1.82, 2.24) is 9.97 Å². The first-order valence-corrected chi connectivity index (χ1v) is 9.19. The van der Waals surface area contributed by atoms with Crippen LogP contribution in [0.4, 0.5) is 11.8 Å². The Bertz CT molecular complexity index is 621. The lowest BCUT2D eigenvalue weighted by atomic mass is 9.95. The van der Waals surface area contributed by atoms with Gasteiger partial charge in [-0.05, 0) is 38.2 Å². The summed E-state index contributed by atoms with van der Waals surface area (Å²) in [5.41, 5.74) is 2.39. The Morgan fingerprint density at radius 2 is 1.83 bits per heavy atom. The van der Waals surface area contributed by atoms with E-state index in [0.29, 0.717) is 6.04 Å². The molecule has 1 heterocycles. The van der Waals surface area contributed by atoms with Gasteiger partial charge in [0.15, 0.2) is 0 Å². The first-order chi connectivity index (χ1) is 11.8. The normalized spacial score (nSPS) is 15.2. The summed E-state index contributed by atoms with van der Waals surface area (Å²) in [5, 5.41) is 6.96. The van der Waals surface area contributed by atoms with Gasteiger partial charge in [-0.1, -0.05) is 49.6 Å². The molecular weight excluding hydrogens is 296 g/mol. The number of aromatic nitrogens is 2. The smallest absolute Gasteiger partial charge is 0.224 e. The molecule has 0 spiro atoms. The van der Waals surface area contributed by atoms with E-state index in [9.17, 15) is 0 Å². The zero-order chi connectivity index (χ0) is 16.6. The average Bonchev–Trinajstić information content (AvgIpc) is 2.60. The predicted molar refractivity (Wildman–Crippen MR) is 101 cm³/mol. The molecule has 1 aliphatic rings. The van der Waals surface area contributed by atoms with Crippen molar-refractivity contribution in [2.75, 3.05) is 17.2 Å². The Kier molecular flexibility index (Phi) is 6.05. The molecule has 0 amide bonds. The molecule has 24 heavy (non-hydrogen) atoms. The van der Waals surface area contributed by atoms with Crippen LogP contribution in [-0.4, -0.2) is 22.6 Å². The lowest BCUT2D eigenvalue weighted by Gasteiger charge is -2.23. The molecule has 4 heteroatoms. The highest BCUT2D eigenvalue weighted by Gasteiger charge is 2.14. The van der Waals surface area contributed by atoms with Gasteiger partial charge in [-0.2, -0.15) is 4.98 Å². The maximum atomic E-state index is 4.64. The van der Waals surface area contributed by atoms with Gasteiger partial charge in [0.25, 0.3) is 0 Å². The second kappa shape index (κ2) is 8.67. The van der Waals surface area contributed by atoms with Gasteiger partial charge in [-0.15, -0.1) is 0 Å². The van der Waals surface area contributed by atoms with E-state index >= 15 is 0 Å². The summed E-state index contributed by atoms with van der Waals surface area (Å²) in [5.74, 6) is 1.70. The summed E-state index contributed by atoms with van der Waals surface area (Å²) in [7, 11) is 0. The molecule has 1 aromatic carbocycles. The minimum Gasteiger partial charge on any atom is -0.367 e. The van der Waals surface area contributed by atoms with E-state index in [2.05, 4.69) is 50.9 Å². The topological polar surface area (TPSA) is 49.8 Å². The molecule has 0 atom stereocenters. The first-order valence-electron chi connectivity index (χ1n) is 9.19. The van der Waals surface area contributed by atoms with Crippen molar-refractivity contribution in [3.05, 3.63) is 47.7 Å². The Morgan fingerprint density at radius 1 is 1.04 bits per heavy atom. The molecule has 1 fully saturated rings. The molecule has 0 radical (unpaired) electrons. The fraction of sp³-hybridized carbons (Fsp3) is 0.500. The Labute approximate surface area is 145 Å². The van der Waals surface area contributed by atoms with Crippen LogP contribution in [0.5, 0.6) is 0 Å². The summed E-state index contributed by atoms with van der Waals surface area (Å²) in [6, 6.07) is 13.2. The molecule has 1 aliphatic carbocycles. The predicted octanol–water partition coefficient (Wildman–Crippen LogP) is 4.57. The van der Waals surface area contributed by atoms with Crippen molar-refractivity contribution in [1.29, 1.82) is 0 Å². The van der Waals surface area contributed by atoms with Crippen molar-refractivity contribution in [3.63, 3.8) is 0 Å². The zero-order valence-corrected chi connectivity index (χ0v) is 14.6. The molecule has 3 rings (SSSR count). The van der Waals surface area contributed by atoms with Gasteiger partial charge in [-0.25, -0.2) is 4.98 Å². The summed E-state index contributed by atoms with van der Waals surface area (Å²) < 4.78 is 0. The first kappa shape index (κ1) is 16.7. The quantitative estimate of drug-likeness (QED) is 0.732. The average molecular weight is 324 g/mol. The van der Waals surface area contributed by atoms with Crippen LogP contribution in [-0.2, 0) is 6.42 Å². The molecular formula is C20H28N4. The second-order valence-electron chi connectivity index (χ2n) is 6.71. The summed E-state index contributed by atoms with van der Waals surface area (Å²) in [6.07, 6.45) is 8.68. The maximum Gasteiger partial charge on any atom is 0.224 e. The highest BCUT2D eigenvalue weighted by molar-refractivity contribution is 5.43. The third kappa shape index (κ3) is 5.22. The van der Waals surface area contributed by atoms with Crippen LogP contribution in [0.2, 0.25) is 0 Å². The van der Waals surface area contributed by atoms with E-state index in [0.717, 1.165) is 36.8 Å². The van der Waals surface area contributed by atoms with E-state index in [1.54, 1.807) is 0 Å². The van der Waals surface area contributed by atoms with Crippen molar-refractivity contribution in [2.24, 2.45) is 0 Å². The lowest BCUT2D eigenvalue weighted by molar-refractivity contribution is 0.462. The van der Waals surface area contributed by atoms with E-state index in [1.165, 1.54) is 37.7 Å². The number of hydrogen-bond acceptors (Lipinski definition) is 4. The number of aryl methyl sites for hydroxylation is 2. The van der Waals surface area contributed by atoms with Crippen LogP contribution >= 0.6 is 0 Å². The van der Waals surface area contributed by atoms with Crippen LogP contribution in [0.1, 0.15) is 49.8 Å². The lowest BCUT2D eigenvalue weighted by Crippen LogP contribution is -2.23. The summed E-state index contributed by atoms with van der Waals surface area (Å²) >= 11 is 0. The minimum atomic E-state index is 0.569. The SMILES string of the molecule is Cc1cc(NC2CCCCC2)nc(NCCCc2ccccc2)n1. The monoisotopic (exact) mass is 324 g/mol. The van der Waals surface area contributed by atoms with Crippen molar-refractivity contribution >= 4 is 11.8 Å². The maximum absolute atomic E-state index is 4.64. The van der Waals surface area contributed by atoms with Crippen LogP contribution in [0.25, 0.3) is 0 Å². The molecule has 4 nitrogen and oxygen atoms in total. The number of hydrogen-bond donors (Lipinski definition) is 2. The number of rotatable bonds is 7. The standard InChI is InChI=1S/C20H28N4/c1-16-15-19(23-18-12-6-3-7-13-18)24-20(22-16)21-14-8-11-17-9-4-2-5-10-17/h2,4-5,9-10,15,18H,3,6-8,11-14H2,1H3,(H2,21,22,23,24). The number of benzene rings is 1. The van der Waals surface area contributed by atoms with E-state index in [4.69, 9.17) is 0 Å². The molecule has 0 unspecified atom stereocenters. The summed E-state index contributed by atoms with van der Waals surface area (Å²) in [6.45, 7) is 2.92. The van der Waals surface area contributed by atoms with E-state index in [1.807, 2.05) is 13.0 Å². The van der Waals surface area contributed by atoms with E-state index < -0.39 is 0 Å². The largest absolute Gasteiger partial charge is 0.367 e. The fourth-order valence-corrected chi connectivity index (χ4v) is 3.31. The van der Waals surface area contributed by atoms with Gasteiger partial charge in [0.1, 0.15) is 5.82 Å². The minimum absolute atomic E-state index is 0.569. The van der Waals surface area contributed by atoms with Gasteiger partial charge in [-0.3, -0.25) is 0 Å². The second-order valence-corrected chi connectivity index (χ2v) is 6.71. The highest BCUT2D eigenvalue weighted by Crippen LogP contribution is 2.21. The van der Waals surface area contributed by atoms with Crippen LogP contribution < -0.4 is 10.6 Å². The van der Waals surface area contributed by atoms with Gasteiger partial charge in [0, 0.05) is 24.3 Å². The molecule has 128 valence electrons. The van der Waals surface area contributed by atoms with Gasteiger partial charge in [0.05, 0.1) is 0 Å². The number of nitrogens with zero attached hydrogens (tertiary/aromatic N) is 2. The fourth-order valence-electron chi connectivity index (χ4n) is 3.31. The molecule has 1 aromatic heterocycles. The number of anilines is 2. The zero-order valence-electron chi connectivity index (χ0n) is 14.6. The molecule has 0 saturated heterocycles. The van der Waals surface area contributed by atoms with E-state index in [-0.39, 0.29) is 0 Å². The van der Waals surface area contributed by atoms with Crippen LogP contribution in [0.3, 0.4) is 0 Å². The van der Waals surface area contributed by atoms with Gasteiger partial charge < -0.3 is 10.6 Å². The third-order valence-electron chi connectivity index (χ3n) is 4.58. The molecule has 0 bridgehead atoms. The van der Waals surface area contributed by atoms with Crippen molar-refractivity contribution in [3.8, 4) is 0 Å². The van der Waals surface area contributed by atoms with Gasteiger partial charge >= 0.3 is 0 Å². The highest BCUT2D eigenvalue weighted by atomic mass is 15.1. The van der Waals surface area contributed by atoms with Gasteiger partial charge in [0.2, 0.25) is 5.95 Å². The molecule has 2 N–H and O–H groups in total. The van der Waals surface area contributed by atoms with Crippen LogP contribution in [0.15, 0.2) is 36.4 Å². The van der Waals surface area contributed by atoms with Crippen LogP contribution in [0, 0.1) is 6.92 Å². The Morgan fingerprint density at radius 3 is 2.62 bits per heavy atom. The Hall–Kier alpha value is -2.10. The Balaban J connectivity index is 1.49.